The van der Waals surface area contributed by atoms with E-state index in [9.17, 15) is 30.3 Å². The van der Waals surface area contributed by atoms with Gasteiger partial charge >= 0.3 is 0 Å². The molecule has 0 spiro atoms. The molecule has 3 rings (SSSR count). The number of rotatable bonds is 10. The lowest BCUT2D eigenvalue weighted by molar-refractivity contribution is -0.126. The highest BCUT2D eigenvalue weighted by molar-refractivity contribution is 5.83. The molecule has 0 aliphatic carbocycles. The maximum atomic E-state index is 13.2. The van der Waals surface area contributed by atoms with Crippen LogP contribution in [0.1, 0.15) is 75.5 Å². The Balaban J connectivity index is 1.79. The molecule has 2 atom stereocenters. The second-order valence-corrected chi connectivity index (χ2v) is 8.54. The Kier molecular flexibility index (Phi) is 7.72. The Hall–Kier alpha value is -3.09. The molecule has 0 bridgehead atoms. The lowest BCUT2D eigenvalue weighted by atomic mass is 9.82. The highest BCUT2D eigenvalue weighted by atomic mass is 16.5. The molecular formula is C25H32O7. The molecule has 0 fully saturated rings. The Morgan fingerprint density at radius 1 is 0.875 bits per heavy atom. The predicted octanol–water partition coefficient (Wildman–Crippen LogP) is 5.22. The van der Waals surface area contributed by atoms with E-state index < -0.39 is 29.3 Å². The molecule has 0 unspecified atom stereocenters. The summed E-state index contributed by atoms with van der Waals surface area (Å²) >= 11 is 0. The Labute approximate surface area is 187 Å². The molecule has 1 aliphatic rings. The van der Waals surface area contributed by atoms with Crippen molar-refractivity contribution >= 4 is 5.78 Å². The maximum Gasteiger partial charge on any atom is 0.200 e. The van der Waals surface area contributed by atoms with E-state index in [-0.39, 0.29) is 29.5 Å². The van der Waals surface area contributed by atoms with E-state index in [1.807, 2.05) is 0 Å². The van der Waals surface area contributed by atoms with Crippen molar-refractivity contribution < 1.29 is 35.1 Å². The first kappa shape index (κ1) is 23.6. The van der Waals surface area contributed by atoms with Crippen LogP contribution in [0.4, 0.5) is 0 Å². The highest BCUT2D eigenvalue weighted by Gasteiger charge is 2.38. The molecule has 7 heteroatoms. The predicted molar refractivity (Wildman–Crippen MR) is 119 cm³/mol. The number of ether oxygens (including phenoxy) is 1. The van der Waals surface area contributed by atoms with E-state index in [4.69, 9.17) is 4.74 Å². The van der Waals surface area contributed by atoms with Crippen molar-refractivity contribution in [3.05, 3.63) is 35.4 Å². The number of phenols is 5. The van der Waals surface area contributed by atoms with Crippen LogP contribution in [-0.4, -0.2) is 31.3 Å². The van der Waals surface area contributed by atoms with Gasteiger partial charge in [-0.2, -0.15) is 0 Å². The van der Waals surface area contributed by atoms with E-state index in [1.165, 1.54) is 43.5 Å². The van der Waals surface area contributed by atoms with Crippen molar-refractivity contribution in [1.82, 2.24) is 0 Å². The minimum Gasteiger partial charge on any atom is -0.508 e. The van der Waals surface area contributed by atoms with E-state index in [2.05, 4.69) is 6.92 Å². The summed E-state index contributed by atoms with van der Waals surface area (Å²) in [6.07, 6.45) is 7.30. The molecule has 5 N–H and O–H groups in total. The van der Waals surface area contributed by atoms with Crippen LogP contribution in [0.25, 0.3) is 0 Å². The van der Waals surface area contributed by atoms with Gasteiger partial charge in [0, 0.05) is 29.7 Å². The summed E-state index contributed by atoms with van der Waals surface area (Å²) in [5, 5.41) is 49.7. The molecule has 1 heterocycles. The number of unbranched alkanes of at least 4 members (excludes halogenated alkanes) is 6. The molecule has 7 nitrogen and oxygen atoms in total. The molecule has 2 aromatic rings. The number of fused-ring (bicyclic) bond motifs is 1. The lowest BCUT2D eigenvalue weighted by Gasteiger charge is -2.33. The fourth-order valence-electron chi connectivity index (χ4n) is 4.29. The number of hydrogen-bond acceptors (Lipinski definition) is 7. The highest BCUT2D eigenvalue weighted by Crippen LogP contribution is 2.47. The molecule has 0 aromatic heterocycles. The Morgan fingerprint density at radius 2 is 1.50 bits per heavy atom. The summed E-state index contributed by atoms with van der Waals surface area (Å²) in [5.41, 5.74) is 0.758. The van der Waals surface area contributed by atoms with E-state index in [0.29, 0.717) is 17.5 Å². The van der Waals surface area contributed by atoms with Gasteiger partial charge in [-0.25, -0.2) is 0 Å². The average Bonchev–Trinajstić information content (AvgIpc) is 2.75. The van der Waals surface area contributed by atoms with Crippen LogP contribution in [0.15, 0.2) is 24.3 Å². The molecule has 0 saturated carbocycles. The maximum absolute atomic E-state index is 13.2. The third-order valence-electron chi connectivity index (χ3n) is 6.07. The van der Waals surface area contributed by atoms with Crippen LogP contribution in [0.2, 0.25) is 0 Å². The zero-order valence-electron chi connectivity index (χ0n) is 18.4. The zero-order chi connectivity index (χ0) is 23.3. The van der Waals surface area contributed by atoms with Crippen molar-refractivity contribution in [2.75, 3.05) is 0 Å². The van der Waals surface area contributed by atoms with Crippen LogP contribution in [-0.2, 0) is 11.2 Å². The number of phenolic OH excluding ortho intramolecular Hbond substituents is 5. The summed E-state index contributed by atoms with van der Waals surface area (Å²) in [6, 6.07) is 5.07. The van der Waals surface area contributed by atoms with Crippen LogP contribution in [0.3, 0.4) is 0 Å². The van der Waals surface area contributed by atoms with Crippen LogP contribution in [0, 0.1) is 5.92 Å². The molecule has 0 radical (unpaired) electrons. The van der Waals surface area contributed by atoms with Crippen molar-refractivity contribution in [3.63, 3.8) is 0 Å². The normalized spacial score (nSPS) is 17.5. The van der Waals surface area contributed by atoms with Crippen LogP contribution < -0.4 is 4.74 Å². The minimum atomic E-state index is -0.849. The van der Waals surface area contributed by atoms with Gasteiger partial charge in [-0.1, -0.05) is 45.4 Å². The smallest absolute Gasteiger partial charge is 0.200 e. The van der Waals surface area contributed by atoms with E-state index in [1.54, 1.807) is 0 Å². The summed E-state index contributed by atoms with van der Waals surface area (Å²) in [5.74, 6) is -2.47. The first-order valence-corrected chi connectivity index (χ1v) is 11.3. The SMILES string of the molecule is CCCCCCCCCC(=O)[C@@H]1Cc2c(O)cc(O)cc2O[C@@H]1c1cc(O)c(O)c(O)c1. The Morgan fingerprint density at radius 3 is 2.16 bits per heavy atom. The quantitative estimate of drug-likeness (QED) is 0.251. The van der Waals surface area contributed by atoms with Crippen molar-refractivity contribution in [2.45, 2.75) is 70.8 Å². The van der Waals surface area contributed by atoms with Gasteiger partial charge in [0.1, 0.15) is 29.1 Å². The molecular weight excluding hydrogens is 412 g/mol. The average molecular weight is 445 g/mol. The molecule has 32 heavy (non-hydrogen) atoms. The third-order valence-corrected chi connectivity index (χ3v) is 6.07. The van der Waals surface area contributed by atoms with Gasteiger partial charge in [-0.15, -0.1) is 0 Å². The van der Waals surface area contributed by atoms with Crippen molar-refractivity contribution in [1.29, 1.82) is 0 Å². The summed E-state index contributed by atoms with van der Waals surface area (Å²) in [4.78, 5) is 13.2. The summed E-state index contributed by atoms with van der Waals surface area (Å²) < 4.78 is 5.99. The molecule has 1 aliphatic heterocycles. The summed E-state index contributed by atoms with van der Waals surface area (Å²) in [7, 11) is 0. The number of Topliss-reactive ketones (excluding diaryl/α,β-unsaturated/α-hetero) is 1. The first-order chi connectivity index (χ1) is 15.3. The first-order valence-electron chi connectivity index (χ1n) is 11.3. The van der Waals surface area contributed by atoms with Crippen LogP contribution >= 0.6 is 0 Å². The van der Waals surface area contributed by atoms with Crippen molar-refractivity contribution in [3.8, 4) is 34.5 Å². The van der Waals surface area contributed by atoms with E-state index >= 15 is 0 Å². The second-order valence-electron chi connectivity index (χ2n) is 8.54. The van der Waals surface area contributed by atoms with Gasteiger partial charge in [0.05, 0.1) is 5.92 Å². The molecule has 0 saturated heterocycles. The van der Waals surface area contributed by atoms with Crippen molar-refractivity contribution in [2.24, 2.45) is 5.92 Å². The van der Waals surface area contributed by atoms with Crippen LogP contribution in [0.5, 0.6) is 34.5 Å². The number of hydrogen-bond donors (Lipinski definition) is 5. The van der Waals surface area contributed by atoms with Gasteiger partial charge in [-0.3, -0.25) is 4.79 Å². The third kappa shape index (κ3) is 5.39. The van der Waals surface area contributed by atoms with Gasteiger partial charge in [0.2, 0.25) is 0 Å². The monoisotopic (exact) mass is 444 g/mol. The molecule has 2 aromatic carbocycles. The van der Waals surface area contributed by atoms with Gasteiger partial charge in [-0.05, 0) is 25.0 Å². The number of ketones is 1. The van der Waals surface area contributed by atoms with Gasteiger partial charge in [0.25, 0.3) is 0 Å². The number of carbonyl (C=O) groups is 1. The fraction of sp³-hybridized carbons (Fsp3) is 0.480. The molecule has 0 amide bonds. The minimum absolute atomic E-state index is 0.0336. The van der Waals surface area contributed by atoms with Gasteiger partial charge < -0.3 is 30.3 Å². The zero-order valence-corrected chi connectivity index (χ0v) is 18.4. The number of carbonyl (C=O) groups excluding carboxylic acids is 1. The summed E-state index contributed by atoms with van der Waals surface area (Å²) in [6.45, 7) is 2.17. The fourth-order valence-corrected chi connectivity index (χ4v) is 4.29. The Bertz CT molecular complexity index is 931. The standard InChI is InChI=1S/C25H32O7/c1-2-3-4-5-6-7-8-9-19(27)18-14-17-20(28)12-16(26)13-23(17)32-25(18)15-10-21(29)24(31)22(30)11-15/h10-13,18,25-26,28-31H,2-9,14H2,1H3/t18-,25+/m0/s1. The topological polar surface area (TPSA) is 127 Å². The molecule has 174 valence electrons. The number of benzene rings is 2. The second kappa shape index (κ2) is 10.5. The largest absolute Gasteiger partial charge is 0.508 e. The number of aromatic hydroxyl groups is 5. The van der Waals surface area contributed by atoms with Gasteiger partial charge in [0.15, 0.2) is 17.2 Å². The van der Waals surface area contributed by atoms with E-state index in [0.717, 1.165) is 25.7 Å². The lowest BCUT2D eigenvalue weighted by Crippen LogP contribution is -2.32.